The Kier molecular flexibility index (Phi) is 5.59. The van der Waals surface area contributed by atoms with Gasteiger partial charge in [0.2, 0.25) is 0 Å². The number of nitrogens with zero attached hydrogens (tertiary/aromatic N) is 1. The fraction of sp³-hybridized carbons (Fsp3) is 0.533. The van der Waals surface area contributed by atoms with E-state index < -0.39 is 17.7 Å². The molecule has 2 aliphatic rings. The van der Waals surface area contributed by atoms with Gasteiger partial charge in [0.25, 0.3) is 5.91 Å². The Morgan fingerprint density at radius 1 is 1.38 bits per heavy atom. The molecule has 0 bridgehead atoms. The van der Waals surface area contributed by atoms with E-state index in [9.17, 15) is 4.79 Å². The zero-order valence-corrected chi connectivity index (χ0v) is 13.8. The minimum absolute atomic E-state index is 0.359. The number of aliphatic hydroxyl groups is 1. The molecule has 0 aromatic heterocycles. The van der Waals surface area contributed by atoms with Crippen LogP contribution in [0.4, 0.5) is 0 Å². The number of amides is 1. The van der Waals surface area contributed by atoms with Gasteiger partial charge in [-0.15, -0.1) is 0 Å². The third-order valence-corrected chi connectivity index (χ3v) is 5.06. The number of benzene rings is 1. The molecule has 2 saturated heterocycles. The second kappa shape index (κ2) is 7.68. The van der Waals surface area contributed by atoms with Gasteiger partial charge in [-0.3, -0.25) is 10.0 Å². The Morgan fingerprint density at radius 2 is 2.08 bits per heavy atom. The molecule has 2 heterocycles. The quantitative estimate of drug-likeness (QED) is 0.307. The first kappa shape index (κ1) is 17.5. The highest BCUT2D eigenvalue weighted by atomic mass is 32.2. The average molecular weight is 356 g/mol. The topological polar surface area (TPSA) is 100 Å². The second-order valence-electron chi connectivity index (χ2n) is 5.57. The Labute approximate surface area is 143 Å². The van der Waals surface area contributed by atoms with E-state index in [2.05, 4.69) is 0 Å². The molecule has 3 rings (SSSR count). The van der Waals surface area contributed by atoms with E-state index in [0.717, 1.165) is 11.3 Å². The van der Waals surface area contributed by atoms with E-state index in [1.54, 1.807) is 17.6 Å². The lowest BCUT2D eigenvalue weighted by Crippen LogP contribution is -2.42. The molecule has 1 aromatic carbocycles. The first-order valence-corrected chi connectivity index (χ1v) is 8.43. The van der Waals surface area contributed by atoms with E-state index >= 15 is 0 Å². The normalized spacial score (nSPS) is 23.3. The van der Waals surface area contributed by atoms with Crippen molar-refractivity contribution in [2.24, 2.45) is 0 Å². The van der Waals surface area contributed by atoms with Crippen molar-refractivity contribution in [2.45, 2.75) is 29.6 Å². The van der Waals surface area contributed by atoms with Crippen molar-refractivity contribution in [2.75, 3.05) is 26.6 Å². The number of nitrogens with one attached hydrogen (secondary N) is 1. The van der Waals surface area contributed by atoms with Gasteiger partial charge in [-0.1, -0.05) is 0 Å². The Bertz CT molecular complexity index is 564. The lowest BCUT2D eigenvalue weighted by molar-refractivity contribution is -0.256. The summed E-state index contributed by atoms with van der Waals surface area (Å²) in [6, 6.07) is 6.57. The number of hydroxylamine groups is 1. The van der Waals surface area contributed by atoms with Crippen molar-refractivity contribution in [3.05, 3.63) is 24.3 Å². The highest BCUT2D eigenvalue weighted by Crippen LogP contribution is 2.40. The predicted molar refractivity (Wildman–Crippen MR) is 84.3 cm³/mol. The molecule has 24 heavy (non-hydrogen) atoms. The van der Waals surface area contributed by atoms with Crippen LogP contribution >= 0.6 is 11.9 Å². The van der Waals surface area contributed by atoms with Crippen LogP contribution in [0.5, 0.6) is 5.75 Å². The van der Waals surface area contributed by atoms with E-state index in [0.29, 0.717) is 31.9 Å². The van der Waals surface area contributed by atoms with Crippen molar-refractivity contribution < 1.29 is 29.3 Å². The summed E-state index contributed by atoms with van der Waals surface area (Å²) in [5.41, 5.74) is 1.72. The van der Waals surface area contributed by atoms with Crippen LogP contribution in [-0.2, 0) is 14.3 Å². The zero-order valence-electron chi connectivity index (χ0n) is 13.0. The van der Waals surface area contributed by atoms with Gasteiger partial charge in [-0.05, 0) is 42.6 Å². The molecule has 2 aliphatic heterocycles. The maximum Gasteiger partial charge on any atom is 0.261 e. The van der Waals surface area contributed by atoms with Crippen LogP contribution in [0.25, 0.3) is 0 Å². The number of carbonyl (C=O) groups excluding carboxylic acids is 1. The van der Waals surface area contributed by atoms with Gasteiger partial charge in [0.15, 0.2) is 12.6 Å². The fourth-order valence-corrected chi connectivity index (χ4v) is 3.92. The Morgan fingerprint density at radius 3 is 2.71 bits per heavy atom. The van der Waals surface area contributed by atoms with Gasteiger partial charge in [0, 0.05) is 11.3 Å². The molecule has 9 heteroatoms. The minimum atomic E-state index is -0.803. The van der Waals surface area contributed by atoms with Gasteiger partial charge < -0.3 is 19.3 Å². The lowest BCUT2D eigenvalue weighted by Gasteiger charge is -2.33. The van der Waals surface area contributed by atoms with E-state index in [-0.39, 0.29) is 6.79 Å². The first-order chi connectivity index (χ1) is 11.7. The largest absolute Gasteiger partial charge is 0.468 e. The van der Waals surface area contributed by atoms with Gasteiger partial charge in [-0.2, -0.15) is 0 Å². The second-order valence-corrected chi connectivity index (χ2v) is 6.69. The van der Waals surface area contributed by atoms with Crippen molar-refractivity contribution >= 4 is 17.9 Å². The van der Waals surface area contributed by atoms with E-state index in [1.807, 2.05) is 16.4 Å². The molecular weight excluding hydrogens is 336 g/mol. The Balaban J connectivity index is 1.72. The summed E-state index contributed by atoms with van der Waals surface area (Å²) in [7, 11) is 0. The van der Waals surface area contributed by atoms with Gasteiger partial charge >= 0.3 is 0 Å². The SMILES string of the molecule is O=C(NO)[C@H]1CC2(CN1Sc1ccc(OCO)cc1)OCCCO2. The van der Waals surface area contributed by atoms with Crippen LogP contribution in [0.1, 0.15) is 12.8 Å². The molecule has 1 atom stereocenters. The molecule has 3 N–H and O–H groups in total. The number of hydrogen-bond acceptors (Lipinski definition) is 8. The molecule has 132 valence electrons. The van der Waals surface area contributed by atoms with Crippen LogP contribution in [-0.4, -0.2) is 58.9 Å². The summed E-state index contributed by atoms with van der Waals surface area (Å²) in [6.45, 7) is 1.23. The number of rotatable bonds is 5. The molecule has 0 unspecified atom stereocenters. The van der Waals surface area contributed by atoms with Crippen molar-refractivity contribution in [1.29, 1.82) is 0 Å². The molecule has 8 nitrogen and oxygen atoms in total. The molecular formula is C15H20N2O6S. The van der Waals surface area contributed by atoms with Gasteiger partial charge in [0.1, 0.15) is 11.8 Å². The number of aliphatic hydroxyl groups excluding tert-OH is 1. The van der Waals surface area contributed by atoms with Crippen LogP contribution in [0, 0.1) is 0 Å². The highest BCUT2D eigenvalue weighted by Gasteiger charge is 2.50. The molecule has 0 saturated carbocycles. The highest BCUT2D eigenvalue weighted by molar-refractivity contribution is 7.97. The zero-order chi connectivity index (χ0) is 17.0. The molecule has 0 aliphatic carbocycles. The van der Waals surface area contributed by atoms with Crippen molar-refractivity contribution in [1.82, 2.24) is 9.79 Å². The monoisotopic (exact) mass is 356 g/mol. The summed E-state index contributed by atoms with van der Waals surface area (Å²) < 4.78 is 18.4. The minimum Gasteiger partial charge on any atom is -0.468 e. The van der Waals surface area contributed by atoms with Gasteiger partial charge in [-0.25, -0.2) is 9.79 Å². The summed E-state index contributed by atoms with van der Waals surface area (Å²) in [5, 5.41) is 17.8. The van der Waals surface area contributed by atoms with Crippen LogP contribution in [0.2, 0.25) is 0 Å². The smallest absolute Gasteiger partial charge is 0.261 e. The summed E-state index contributed by atoms with van der Waals surface area (Å²) >= 11 is 1.38. The molecule has 1 amide bonds. The first-order valence-electron chi connectivity index (χ1n) is 7.66. The lowest BCUT2D eigenvalue weighted by atomic mass is 10.1. The number of ether oxygens (including phenoxy) is 3. The van der Waals surface area contributed by atoms with Crippen molar-refractivity contribution in [3.8, 4) is 5.75 Å². The maximum absolute atomic E-state index is 12.0. The van der Waals surface area contributed by atoms with Crippen LogP contribution in [0.15, 0.2) is 29.2 Å². The van der Waals surface area contributed by atoms with E-state index in [4.69, 9.17) is 24.5 Å². The number of carbonyl (C=O) groups is 1. The summed E-state index contributed by atoms with van der Waals surface area (Å²) in [6.07, 6.45) is 1.19. The molecule has 2 fully saturated rings. The van der Waals surface area contributed by atoms with E-state index in [1.165, 1.54) is 11.9 Å². The third kappa shape index (κ3) is 3.82. The molecule has 1 spiro atoms. The molecule has 1 aromatic rings. The Hall–Kier alpha value is -1.36. The average Bonchev–Trinajstić information content (AvgIpc) is 2.94. The van der Waals surface area contributed by atoms with Gasteiger partial charge in [0.05, 0.1) is 19.8 Å². The third-order valence-electron chi connectivity index (χ3n) is 3.96. The predicted octanol–water partition coefficient (Wildman–Crippen LogP) is 0.735. The summed E-state index contributed by atoms with van der Waals surface area (Å²) in [4.78, 5) is 12.9. The van der Waals surface area contributed by atoms with Crippen LogP contribution < -0.4 is 10.2 Å². The standard InChI is InChI=1S/C15H20N2O6S/c18-10-21-11-2-4-12(5-3-11)24-17-9-15(22-6-1-7-23-15)8-13(17)14(19)16-20/h2-5,13,18,20H,1,6-10H2,(H,16,19)/t13-/m1/s1. The molecule has 0 radical (unpaired) electrons. The van der Waals surface area contributed by atoms with Crippen LogP contribution in [0.3, 0.4) is 0 Å². The number of hydrogen-bond donors (Lipinski definition) is 3. The van der Waals surface area contributed by atoms with Crippen molar-refractivity contribution in [3.63, 3.8) is 0 Å². The summed E-state index contributed by atoms with van der Waals surface area (Å²) in [5.74, 6) is -0.733. The maximum atomic E-state index is 12.0. The fourth-order valence-electron chi connectivity index (χ4n) is 2.84.